The molecule has 0 bridgehead atoms. The third kappa shape index (κ3) is 5.69. The van der Waals surface area contributed by atoms with E-state index in [0.29, 0.717) is 30.3 Å². The lowest BCUT2D eigenvalue weighted by Crippen LogP contribution is -2.37. The molecule has 2 aromatic carbocycles. The average Bonchev–Trinajstić information content (AvgIpc) is 2.69. The fourth-order valence-corrected chi connectivity index (χ4v) is 2.94. The molecule has 0 amide bonds. The number of aliphatic imine (C=N–C) groups is 1. The van der Waals surface area contributed by atoms with E-state index in [-0.39, 0.29) is 0 Å². The van der Waals surface area contributed by atoms with Gasteiger partial charge in [-0.05, 0) is 30.2 Å². The summed E-state index contributed by atoms with van der Waals surface area (Å²) in [5.41, 5.74) is 2.11. The van der Waals surface area contributed by atoms with Crippen LogP contribution in [0.25, 0.3) is 0 Å². The van der Waals surface area contributed by atoms with Crippen molar-refractivity contribution in [1.29, 1.82) is 0 Å². The molecule has 0 aliphatic heterocycles. The summed E-state index contributed by atoms with van der Waals surface area (Å²) < 4.78 is 16.3. The SMILES string of the molecule is CN=C(NCCc1ccc(OC)c(OC)c1OC)NCc1cccc(Cl)c1. The first-order chi connectivity index (χ1) is 13.1. The molecule has 0 aromatic heterocycles. The van der Waals surface area contributed by atoms with Crippen molar-refractivity contribution in [2.24, 2.45) is 4.99 Å². The van der Waals surface area contributed by atoms with Gasteiger partial charge in [-0.3, -0.25) is 4.99 Å². The topological polar surface area (TPSA) is 64.1 Å². The maximum atomic E-state index is 6.02. The largest absolute Gasteiger partial charge is 0.493 e. The first kappa shape index (κ1) is 20.7. The highest BCUT2D eigenvalue weighted by Gasteiger charge is 2.15. The molecule has 0 aliphatic rings. The summed E-state index contributed by atoms with van der Waals surface area (Å²) in [6.07, 6.45) is 0.737. The summed E-state index contributed by atoms with van der Waals surface area (Å²) in [6.45, 7) is 1.32. The standard InChI is InChI=1S/C20H26ClN3O3/c1-22-20(24-13-14-6-5-7-16(21)12-14)23-11-10-15-8-9-17(25-2)19(27-4)18(15)26-3/h5-9,12H,10-11,13H2,1-4H3,(H2,22,23,24). The molecule has 0 aliphatic carbocycles. The van der Waals surface area contributed by atoms with Gasteiger partial charge in [0.25, 0.3) is 0 Å². The van der Waals surface area contributed by atoms with Crippen molar-refractivity contribution >= 4 is 17.6 Å². The number of nitrogens with one attached hydrogen (secondary N) is 2. The summed E-state index contributed by atoms with van der Waals surface area (Å²) in [5.74, 6) is 2.64. The number of methoxy groups -OCH3 is 3. The maximum Gasteiger partial charge on any atom is 0.203 e. The molecule has 0 unspecified atom stereocenters. The first-order valence-corrected chi connectivity index (χ1v) is 8.97. The second-order valence-electron chi connectivity index (χ2n) is 5.73. The highest BCUT2D eigenvalue weighted by molar-refractivity contribution is 6.30. The second kappa shape index (κ2) is 10.5. The molecular formula is C20H26ClN3O3. The van der Waals surface area contributed by atoms with Crippen LogP contribution in [0.15, 0.2) is 41.4 Å². The van der Waals surface area contributed by atoms with E-state index in [1.54, 1.807) is 28.4 Å². The molecular weight excluding hydrogens is 366 g/mol. The number of halogens is 1. The molecule has 0 spiro atoms. The Morgan fingerprint density at radius 1 is 1.00 bits per heavy atom. The van der Waals surface area contributed by atoms with Crippen LogP contribution in [-0.4, -0.2) is 40.9 Å². The minimum Gasteiger partial charge on any atom is -0.493 e. The Labute approximate surface area is 165 Å². The molecule has 0 radical (unpaired) electrons. The molecule has 27 heavy (non-hydrogen) atoms. The molecule has 2 rings (SSSR count). The van der Waals surface area contributed by atoms with Crippen molar-refractivity contribution in [2.45, 2.75) is 13.0 Å². The zero-order valence-electron chi connectivity index (χ0n) is 16.1. The monoisotopic (exact) mass is 391 g/mol. The quantitative estimate of drug-likeness (QED) is 0.534. The lowest BCUT2D eigenvalue weighted by molar-refractivity contribution is 0.322. The zero-order valence-corrected chi connectivity index (χ0v) is 16.9. The lowest BCUT2D eigenvalue weighted by atomic mass is 10.1. The van der Waals surface area contributed by atoms with E-state index in [1.165, 1.54) is 0 Å². The van der Waals surface area contributed by atoms with Crippen molar-refractivity contribution in [3.05, 3.63) is 52.5 Å². The molecule has 2 N–H and O–H groups in total. The Balaban J connectivity index is 1.94. The number of hydrogen-bond acceptors (Lipinski definition) is 4. The van der Waals surface area contributed by atoms with Crippen LogP contribution >= 0.6 is 11.6 Å². The van der Waals surface area contributed by atoms with Crippen LogP contribution in [0.1, 0.15) is 11.1 Å². The van der Waals surface area contributed by atoms with Crippen molar-refractivity contribution < 1.29 is 14.2 Å². The van der Waals surface area contributed by atoms with Crippen LogP contribution in [0.5, 0.6) is 17.2 Å². The number of benzene rings is 2. The number of rotatable bonds is 8. The van der Waals surface area contributed by atoms with Crippen molar-refractivity contribution in [3.8, 4) is 17.2 Å². The highest BCUT2D eigenvalue weighted by Crippen LogP contribution is 2.39. The number of ether oxygens (including phenoxy) is 3. The minimum atomic E-state index is 0.598. The summed E-state index contributed by atoms with van der Waals surface area (Å²) in [7, 11) is 6.57. The molecule has 0 saturated heterocycles. The van der Waals surface area contributed by atoms with Gasteiger partial charge in [-0.25, -0.2) is 0 Å². The van der Waals surface area contributed by atoms with Gasteiger partial charge in [0.1, 0.15) is 0 Å². The van der Waals surface area contributed by atoms with E-state index in [4.69, 9.17) is 25.8 Å². The van der Waals surface area contributed by atoms with E-state index in [9.17, 15) is 0 Å². The summed E-state index contributed by atoms with van der Waals surface area (Å²) in [4.78, 5) is 4.25. The molecule has 2 aromatic rings. The van der Waals surface area contributed by atoms with Gasteiger partial charge in [-0.1, -0.05) is 29.8 Å². The Kier molecular flexibility index (Phi) is 8.07. The van der Waals surface area contributed by atoms with E-state index < -0.39 is 0 Å². The van der Waals surface area contributed by atoms with E-state index in [1.807, 2.05) is 36.4 Å². The summed E-state index contributed by atoms with van der Waals surface area (Å²) in [6, 6.07) is 11.6. The van der Waals surface area contributed by atoms with Crippen molar-refractivity contribution in [2.75, 3.05) is 34.9 Å². The number of hydrogen-bond donors (Lipinski definition) is 2. The minimum absolute atomic E-state index is 0.598. The van der Waals surface area contributed by atoms with Gasteiger partial charge in [0.2, 0.25) is 5.75 Å². The van der Waals surface area contributed by atoms with Crippen LogP contribution in [0, 0.1) is 0 Å². The fourth-order valence-electron chi connectivity index (χ4n) is 2.73. The van der Waals surface area contributed by atoms with Gasteiger partial charge in [0.05, 0.1) is 21.3 Å². The van der Waals surface area contributed by atoms with Crippen molar-refractivity contribution in [3.63, 3.8) is 0 Å². The first-order valence-electron chi connectivity index (χ1n) is 8.59. The highest BCUT2D eigenvalue weighted by atomic mass is 35.5. The Morgan fingerprint density at radius 3 is 2.41 bits per heavy atom. The molecule has 6 nitrogen and oxygen atoms in total. The van der Waals surface area contributed by atoms with Crippen LogP contribution in [0.3, 0.4) is 0 Å². The molecule has 0 fully saturated rings. The smallest absolute Gasteiger partial charge is 0.203 e. The van der Waals surface area contributed by atoms with Gasteiger partial charge in [0.15, 0.2) is 17.5 Å². The van der Waals surface area contributed by atoms with Crippen LogP contribution in [-0.2, 0) is 13.0 Å². The fraction of sp³-hybridized carbons (Fsp3) is 0.350. The third-order valence-corrected chi connectivity index (χ3v) is 4.28. The molecule has 0 heterocycles. The van der Waals surface area contributed by atoms with E-state index >= 15 is 0 Å². The van der Waals surface area contributed by atoms with Crippen LogP contribution in [0.4, 0.5) is 0 Å². The number of guanidine groups is 1. The third-order valence-electron chi connectivity index (χ3n) is 4.05. The zero-order chi connectivity index (χ0) is 19.6. The van der Waals surface area contributed by atoms with Gasteiger partial charge < -0.3 is 24.8 Å². The van der Waals surface area contributed by atoms with Crippen molar-refractivity contribution in [1.82, 2.24) is 10.6 Å². The second-order valence-corrected chi connectivity index (χ2v) is 6.16. The van der Waals surface area contributed by atoms with Gasteiger partial charge in [-0.2, -0.15) is 0 Å². The summed E-state index contributed by atoms with van der Waals surface area (Å²) in [5, 5.41) is 7.29. The van der Waals surface area contributed by atoms with E-state index in [0.717, 1.165) is 28.5 Å². The van der Waals surface area contributed by atoms with Gasteiger partial charge in [0, 0.05) is 30.7 Å². The molecule has 0 atom stereocenters. The Morgan fingerprint density at radius 2 is 1.78 bits per heavy atom. The Hall–Kier alpha value is -2.60. The normalized spacial score (nSPS) is 11.1. The molecule has 7 heteroatoms. The Bertz CT molecular complexity index is 781. The van der Waals surface area contributed by atoms with Gasteiger partial charge in [-0.15, -0.1) is 0 Å². The van der Waals surface area contributed by atoms with Crippen LogP contribution in [0.2, 0.25) is 5.02 Å². The molecule has 0 saturated carbocycles. The lowest BCUT2D eigenvalue weighted by Gasteiger charge is -2.16. The molecule has 146 valence electrons. The maximum absolute atomic E-state index is 6.02. The average molecular weight is 392 g/mol. The predicted octanol–water partition coefficient (Wildman–Crippen LogP) is 3.27. The number of nitrogens with zero attached hydrogens (tertiary/aromatic N) is 1. The summed E-state index contributed by atoms with van der Waals surface area (Å²) >= 11 is 6.02. The predicted molar refractivity (Wildman–Crippen MR) is 109 cm³/mol. The van der Waals surface area contributed by atoms with E-state index in [2.05, 4.69) is 15.6 Å². The van der Waals surface area contributed by atoms with Crippen LogP contribution < -0.4 is 24.8 Å². The van der Waals surface area contributed by atoms with Gasteiger partial charge >= 0.3 is 0 Å².